The summed E-state index contributed by atoms with van der Waals surface area (Å²) in [6.45, 7) is 7.28. The third kappa shape index (κ3) is 3.23. The monoisotopic (exact) mass is 266 g/mol. The van der Waals surface area contributed by atoms with Crippen molar-refractivity contribution >= 4 is 11.9 Å². The maximum atomic E-state index is 12.0. The summed E-state index contributed by atoms with van der Waals surface area (Å²) < 4.78 is 15.5. The Bertz CT molecular complexity index is 353. The molecule has 1 saturated carbocycles. The summed E-state index contributed by atoms with van der Waals surface area (Å²) in [7, 11) is 0. The van der Waals surface area contributed by atoms with Crippen LogP contribution in [0.15, 0.2) is 25.3 Å². The van der Waals surface area contributed by atoms with E-state index in [2.05, 4.69) is 13.2 Å². The molecule has 1 heterocycles. The van der Waals surface area contributed by atoms with Crippen molar-refractivity contribution in [1.82, 2.24) is 0 Å². The second-order valence-corrected chi connectivity index (χ2v) is 4.73. The van der Waals surface area contributed by atoms with E-state index in [-0.39, 0.29) is 37.4 Å². The molecule has 2 rings (SSSR count). The Morgan fingerprint density at radius 1 is 1.00 bits per heavy atom. The van der Waals surface area contributed by atoms with E-state index in [1.165, 1.54) is 12.2 Å². The minimum Gasteiger partial charge on any atom is -0.461 e. The summed E-state index contributed by atoms with van der Waals surface area (Å²) >= 11 is 0. The first kappa shape index (κ1) is 13.8. The van der Waals surface area contributed by atoms with E-state index in [1.54, 1.807) is 0 Å². The highest BCUT2D eigenvalue weighted by molar-refractivity contribution is 5.82. The van der Waals surface area contributed by atoms with Crippen LogP contribution in [-0.4, -0.2) is 37.4 Å². The van der Waals surface area contributed by atoms with Gasteiger partial charge in [0, 0.05) is 0 Å². The zero-order valence-corrected chi connectivity index (χ0v) is 10.7. The van der Waals surface area contributed by atoms with Gasteiger partial charge in [-0.1, -0.05) is 25.3 Å². The smallest absolute Gasteiger partial charge is 0.310 e. The van der Waals surface area contributed by atoms with Gasteiger partial charge in [0.2, 0.25) is 0 Å². The average molecular weight is 266 g/mol. The maximum absolute atomic E-state index is 12.0. The summed E-state index contributed by atoms with van der Waals surface area (Å²) in [5, 5.41) is 0. The molecule has 0 N–H and O–H groups in total. The lowest BCUT2D eigenvalue weighted by Crippen LogP contribution is -2.37. The zero-order valence-electron chi connectivity index (χ0n) is 10.7. The van der Waals surface area contributed by atoms with Crippen LogP contribution < -0.4 is 0 Å². The van der Waals surface area contributed by atoms with Gasteiger partial charge in [0.15, 0.2) is 0 Å². The van der Waals surface area contributed by atoms with Gasteiger partial charge in [-0.25, -0.2) is 0 Å². The molecule has 104 valence electrons. The highest BCUT2D eigenvalue weighted by atomic mass is 16.6. The van der Waals surface area contributed by atoms with Crippen LogP contribution >= 0.6 is 0 Å². The fourth-order valence-corrected chi connectivity index (χ4v) is 2.44. The number of carbonyl (C=O) groups is 2. The minimum absolute atomic E-state index is 0.0877. The van der Waals surface area contributed by atoms with Crippen LogP contribution in [0.2, 0.25) is 0 Å². The van der Waals surface area contributed by atoms with Gasteiger partial charge in [0.05, 0.1) is 24.0 Å². The molecule has 2 aliphatic rings. The summed E-state index contributed by atoms with van der Waals surface area (Å²) in [6, 6.07) is 0. The number of hydrogen-bond acceptors (Lipinski definition) is 5. The topological polar surface area (TPSA) is 65.1 Å². The lowest BCUT2D eigenvalue weighted by molar-refractivity contribution is -0.160. The summed E-state index contributed by atoms with van der Waals surface area (Å²) in [6.07, 6.45) is 4.22. The van der Waals surface area contributed by atoms with E-state index in [4.69, 9.17) is 14.2 Å². The van der Waals surface area contributed by atoms with Crippen molar-refractivity contribution < 1.29 is 23.8 Å². The van der Waals surface area contributed by atoms with Crippen LogP contribution in [0, 0.1) is 11.8 Å². The number of esters is 2. The molecule has 1 aliphatic heterocycles. The van der Waals surface area contributed by atoms with Gasteiger partial charge < -0.3 is 14.2 Å². The highest BCUT2D eigenvalue weighted by Gasteiger charge is 2.53. The van der Waals surface area contributed by atoms with Crippen LogP contribution in [0.25, 0.3) is 0 Å². The molecule has 0 aromatic carbocycles. The van der Waals surface area contributed by atoms with Gasteiger partial charge in [0.25, 0.3) is 0 Å². The van der Waals surface area contributed by atoms with Gasteiger partial charge in [-0.05, 0) is 12.8 Å². The van der Waals surface area contributed by atoms with E-state index in [0.717, 1.165) is 0 Å². The molecule has 4 atom stereocenters. The van der Waals surface area contributed by atoms with Gasteiger partial charge in [0.1, 0.15) is 13.2 Å². The molecule has 5 heteroatoms. The number of ether oxygens (including phenoxy) is 3. The Labute approximate surface area is 112 Å². The van der Waals surface area contributed by atoms with Crippen molar-refractivity contribution in [3.63, 3.8) is 0 Å². The standard InChI is InChI=1S/C14H18O5/c1-3-5-17-13(15)9-7-11-12(19-11)8-10(9)14(16)18-6-4-2/h3-4,9-12H,1-2,5-8H2. The van der Waals surface area contributed by atoms with E-state index in [0.29, 0.717) is 12.8 Å². The quantitative estimate of drug-likeness (QED) is 0.411. The van der Waals surface area contributed by atoms with Crippen molar-refractivity contribution in [1.29, 1.82) is 0 Å². The Balaban J connectivity index is 1.99. The molecule has 0 bridgehead atoms. The molecule has 0 amide bonds. The van der Waals surface area contributed by atoms with Crippen LogP contribution in [0.4, 0.5) is 0 Å². The second kappa shape index (κ2) is 6.02. The predicted molar refractivity (Wildman–Crippen MR) is 67.2 cm³/mol. The Hall–Kier alpha value is -1.62. The first-order chi connectivity index (χ1) is 9.17. The Kier molecular flexibility index (Phi) is 4.37. The average Bonchev–Trinajstić information content (AvgIpc) is 3.18. The highest BCUT2D eigenvalue weighted by Crippen LogP contribution is 2.43. The first-order valence-electron chi connectivity index (χ1n) is 6.38. The van der Waals surface area contributed by atoms with Crippen molar-refractivity contribution in [2.75, 3.05) is 13.2 Å². The van der Waals surface area contributed by atoms with E-state index >= 15 is 0 Å². The van der Waals surface area contributed by atoms with Gasteiger partial charge in [-0.3, -0.25) is 9.59 Å². The molecule has 1 aliphatic carbocycles. The molecule has 19 heavy (non-hydrogen) atoms. The van der Waals surface area contributed by atoms with Crippen molar-refractivity contribution in [3.8, 4) is 0 Å². The summed E-state index contributed by atoms with van der Waals surface area (Å²) in [5.74, 6) is -1.73. The summed E-state index contributed by atoms with van der Waals surface area (Å²) in [4.78, 5) is 23.9. The number of hydrogen-bond donors (Lipinski definition) is 0. The predicted octanol–water partition coefficient (Wildman–Crippen LogP) is 1.24. The molecule has 4 unspecified atom stereocenters. The normalized spacial score (nSPS) is 31.8. The molecule has 5 nitrogen and oxygen atoms in total. The number of fused-ring (bicyclic) bond motifs is 1. The molecular weight excluding hydrogens is 248 g/mol. The lowest BCUT2D eigenvalue weighted by Gasteiger charge is -2.25. The largest absolute Gasteiger partial charge is 0.461 e. The molecule has 0 radical (unpaired) electrons. The molecule has 0 aromatic rings. The van der Waals surface area contributed by atoms with E-state index in [1.807, 2.05) is 0 Å². The molecule has 0 spiro atoms. The first-order valence-corrected chi connectivity index (χ1v) is 6.38. The second-order valence-electron chi connectivity index (χ2n) is 4.73. The molecule has 2 fully saturated rings. The zero-order chi connectivity index (χ0) is 13.8. The van der Waals surface area contributed by atoms with Crippen molar-refractivity contribution in [3.05, 3.63) is 25.3 Å². The van der Waals surface area contributed by atoms with Crippen LogP contribution in [0.1, 0.15) is 12.8 Å². The fraction of sp³-hybridized carbons (Fsp3) is 0.571. The Morgan fingerprint density at radius 2 is 1.42 bits per heavy atom. The van der Waals surface area contributed by atoms with Gasteiger partial charge in [-0.15, -0.1) is 0 Å². The third-order valence-corrected chi connectivity index (χ3v) is 3.44. The maximum Gasteiger partial charge on any atom is 0.310 e. The number of epoxide rings is 1. The number of carbonyl (C=O) groups excluding carboxylic acids is 2. The Morgan fingerprint density at radius 3 is 1.79 bits per heavy atom. The van der Waals surface area contributed by atoms with Crippen LogP contribution in [-0.2, 0) is 23.8 Å². The lowest BCUT2D eigenvalue weighted by atomic mass is 9.79. The SMILES string of the molecule is C=CCOC(=O)C1CC2OC2CC1C(=O)OCC=C. The van der Waals surface area contributed by atoms with Crippen LogP contribution in [0.3, 0.4) is 0 Å². The van der Waals surface area contributed by atoms with E-state index in [9.17, 15) is 9.59 Å². The van der Waals surface area contributed by atoms with Crippen molar-refractivity contribution in [2.24, 2.45) is 11.8 Å². The van der Waals surface area contributed by atoms with Gasteiger partial charge >= 0.3 is 11.9 Å². The van der Waals surface area contributed by atoms with Crippen molar-refractivity contribution in [2.45, 2.75) is 25.0 Å². The minimum atomic E-state index is -0.485. The summed E-state index contributed by atoms with van der Waals surface area (Å²) in [5.41, 5.74) is 0. The molecule has 1 saturated heterocycles. The molecular formula is C14H18O5. The van der Waals surface area contributed by atoms with Crippen LogP contribution in [0.5, 0.6) is 0 Å². The fourth-order valence-electron chi connectivity index (χ4n) is 2.44. The van der Waals surface area contributed by atoms with E-state index < -0.39 is 11.8 Å². The van der Waals surface area contributed by atoms with Gasteiger partial charge in [-0.2, -0.15) is 0 Å². The molecule has 0 aromatic heterocycles. The number of rotatable bonds is 6. The third-order valence-electron chi connectivity index (χ3n) is 3.44.